The molecule has 3 aromatic rings. The number of aromatic nitrogens is 2. The number of hydrogen-bond donors (Lipinski definition) is 1. The van der Waals surface area contributed by atoms with Crippen molar-refractivity contribution in [2.75, 3.05) is 6.54 Å². The molecule has 0 radical (unpaired) electrons. The van der Waals surface area contributed by atoms with Gasteiger partial charge in [0.15, 0.2) is 0 Å². The Bertz CT molecular complexity index is 1240. The van der Waals surface area contributed by atoms with Crippen LogP contribution in [-0.4, -0.2) is 43.9 Å². The number of Topliss-reactive ketones (excluding diaryl/α,β-unsaturated/α-hetero) is 1. The molecular weight excluding hydrogens is 422 g/mol. The van der Waals surface area contributed by atoms with Crippen molar-refractivity contribution in [3.05, 3.63) is 77.3 Å². The second-order valence-corrected chi connectivity index (χ2v) is 8.55. The number of furan rings is 1. The number of aliphatic hydroxyl groups is 1. The Kier molecular flexibility index (Phi) is 5.28. The van der Waals surface area contributed by atoms with Crippen LogP contribution < -0.4 is 4.74 Å². The van der Waals surface area contributed by atoms with Crippen molar-refractivity contribution in [3.63, 3.8) is 0 Å². The van der Waals surface area contributed by atoms with Gasteiger partial charge < -0.3 is 23.7 Å². The van der Waals surface area contributed by atoms with Crippen LogP contribution in [0.15, 0.2) is 59.0 Å². The summed E-state index contributed by atoms with van der Waals surface area (Å²) in [6.07, 6.45) is 6.65. The third-order valence-electron chi connectivity index (χ3n) is 6.11. The molecule has 0 unspecified atom stereocenters. The fraction of sp³-hybridized carbons (Fsp3) is 0.320. The lowest BCUT2D eigenvalue weighted by Gasteiger charge is -2.23. The van der Waals surface area contributed by atoms with E-state index in [1.165, 1.54) is 4.90 Å². The van der Waals surface area contributed by atoms with E-state index in [4.69, 9.17) is 9.15 Å². The lowest BCUT2D eigenvalue weighted by atomic mass is 9.97. The SMILES string of the molecule is Cc1ccc([C@@H]2/C(=C(\O)c3ccc4c(c3)C[C@H](C)O4)C(=O)C(=O)N2CCCn2ccnc2)o1. The number of carbonyl (C=O) groups excluding carboxylic acids is 2. The van der Waals surface area contributed by atoms with E-state index in [9.17, 15) is 14.7 Å². The van der Waals surface area contributed by atoms with E-state index in [1.54, 1.807) is 43.7 Å². The molecule has 4 heterocycles. The average molecular weight is 447 g/mol. The lowest BCUT2D eigenvalue weighted by molar-refractivity contribution is -0.140. The van der Waals surface area contributed by atoms with Gasteiger partial charge in [-0.25, -0.2) is 4.98 Å². The van der Waals surface area contributed by atoms with Crippen molar-refractivity contribution >= 4 is 17.4 Å². The first kappa shape index (κ1) is 21.1. The minimum atomic E-state index is -0.787. The fourth-order valence-corrected chi connectivity index (χ4v) is 4.57. The number of hydrogen-bond acceptors (Lipinski definition) is 6. The van der Waals surface area contributed by atoms with Crippen molar-refractivity contribution in [1.29, 1.82) is 0 Å². The van der Waals surface area contributed by atoms with Gasteiger partial charge in [0.2, 0.25) is 0 Å². The third-order valence-corrected chi connectivity index (χ3v) is 6.11. The number of imidazole rings is 1. The smallest absolute Gasteiger partial charge is 0.295 e. The van der Waals surface area contributed by atoms with Crippen LogP contribution >= 0.6 is 0 Å². The van der Waals surface area contributed by atoms with Crippen LogP contribution in [0.2, 0.25) is 0 Å². The zero-order chi connectivity index (χ0) is 23.1. The fourth-order valence-electron chi connectivity index (χ4n) is 4.57. The molecule has 33 heavy (non-hydrogen) atoms. The zero-order valence-corrected chi connectivity index (χ0v) is 18.5. The van der Waals surface area contributed by atoms with Crippen LogP contribution in [0.1, 0.15) is 42.0 Å². The first-order valence-corrected chi connectivity index (χ1v) is 11.0. The summed E-state index contributed by atoms with van der Waals surface area (Å²) in [4.78, 5) is 31.6. The highest BCUT2D eigenvalue weighted by atomic mass is 16.5. The van der Waals surface area contributed by atoms with Gasteiger partial charge in [-0.05, 0) is 56.2 Å². The predicted octanol–water partition coefficient (Wildman–Crippen LogP) is 3.62. The molecule has 8 heteroatoms. The Morgan fingerprint density at radius 2 is 2.06 bits per heavy atom. The quantitative estimate of drug-likeness (QED) is 0.352. The first-order valence-electron chi connectivity index (χ1n) is 11.0. The van der Waals surface area contributed by atoms with Crippen molar-refractivity contribution < 1.29 is 23.8 Å². The van der Waals surface area contributed by atoms with Crippen molar-refractivity contribution in [3.8, 4) is 5.75 Å². The van der Waals surface area contributed by atoms with Gasteiger partial charge >= 0.3 is 0 Å². The number of likely N-dealkylation sites (tertiary alicyclic amines) is 1. The predicted molar refractivity (Wildman–Crippen MR) is 120 cm³/mol. The van der Waals surface area contributed by atoms with Gasteiger partial charge in [0.05, 0.1) is 11.9 Å². The molecule has 5 rings (SSSR count). The van der Waals surface area contributed by atoms with E-state index in [-0.39, 0.29) is 17.4 Å². The molecule has 170 valence electrons. The number of nitrogens with zero attached hydrogens (tertiary/aromatic N) is 3. The van der Waals surface area contributed by atoms with Gasteiger partial charge in [-0.1, -0.05) is 0 Å². The molecule has 2 aliphatic rings. The molecule has 2 aliphatic heterocycles. The molecule has 1 amide bonds. The van der Waals surface area contributed by atoms with Crippen LogP contribution in [0.3, 0.4) is 0 Å². The molecule has 0 bridgehead atoms. The number of aryl methyl sites for hydroxylation is 2. The summed E-state index contributed by atoms with van der Waals surface area (Å²) in [6, 6.07) is 8.08. The van der Waals surface area contributed by atoms with E-state index in [0.717, 1.165) is 17.7 Å². The number of carbonyl (C=O) groups is 2. The molecule has 8 nitrogen and oxygen atoms in total. The Balaban J connectivity index is 1.51. The van der Waals surface area contributed by atoms with Gasteiger partial charge in [-0.3, -0.25) is 9.59 Å². The Hall–Kier alpha value is -3.81. The van der Waals surface area contributed by atoms with Gasteiger partial charge in [0.25, 0.3) is 11.7 Å². The van der Waals surface area contributed by atoms with Gasteiger partial charge in [-0.15, -0.1) is 0 Å². The summed E-state index contributed by atoms with van der Waals surface area (Å²) in [5, 5.41) is 11.2. The van der Waals surface area contributed by atoms with Crippen LogP contribution in [-0.2, 0) is 22.6 Å². The van der Waals surface area contributed by atoms with E-state index in [0.29, 0.717) is 36.6 Å². The molecule has 2 aromatic heterocycles. The average Bonchev–Trinajstić information content (AvgIpc) is 3.57. The molecule has 2 atom stereocenters. The number of ketones is 1. The second kappa shape index (κ2) is 8.27. The van der Waals surface area contributed by atoms with Gasteiger partial charge in [0.1, 0.15) is 35.2 Å². The highest BCUT2D eigenvalue weighted by molar-refractivity contribution is 6.46. The Morgan fingerprint density at radius 1 is 1.21 bits per heavy atom. The van der Waals surface area contributed by atoms with E-state index in [2.05, 4.69) is 4.98 Å². The topological polar surface area (TPSA) is 97.8 Å². The van der Waals surface area contributed by atoms with Crippen LogP contribution in [0.4, 0.5) is 0 Å². The number of aliphatic hydroxyl groups excluding tert-OH is 1. The number of amides is 1. The van der Waals surface area contributed by atoms with Gasteiger partial charge in [0, 0.05) is 37.5 Å². The maximum atomic E-state index is 13.1. The summed E-state index contributed by atoms with van der Waals surface area (Å²) < 4.78 is 13.5. The molecule has 1 N–H and O–H groups in total. The van der Waals surface area contributed by atoms with Crippen molar-refractivity contribution in [2.24, 2.45) is 0 Å². The number of rotatable bonds is 6. The zero-order valence-electron chi connectivity index (χ0n) is 18.5. The highest BCUT2D eigenvalue weighted by Crippen LogP contribution is 2.41. The summed E-state index contributed by atoms with van der Waals surface area (Å²) in [5.74, 6) is 0.342. The number of benzene rings is 1. The van der Waals surface area contributed by atoms with E-state index < -0.39 is 17.7 Å². The van der Waals surface area contributed by atoms with E-state index in [1.807, 2.05) is 23.8 Å². The van der Waals surface area contributed by atoms with Crippen LogP contribution in [0, 0.1) is 6.92 Å². The Labute approximate surface area is 191 Å². The number of ether oxygens (including phenoxy) is 1. The molecule has 0 spiro atoms. The molecule has 1 fully saturated rings. The Morgan fingerprint density at radius 3 is 2.79 bits per heavy atom. The summed E-state index contributed by atoms with van der Waals surface area (Å²) in [5.41, 5.74) is 1.49. The molecule has 0 saturated carbocycles. The molecule has 1 saturated heterocycles. The van der Waals surface area contributed by atoms with Gasteiger partial charge in [-0.2, -0.15) is 0 Å². The second-order valence-electron chi connectivity index (χ2n) is 8.55. The lowest BCUT2D eigenvalue weighted by Crippen LogP contribution is -2.31. The van der Waals surface area contributed by atoms with Crippen LogP contribution in [0.5, 0.6) is 5.75 Å². The monoisotopic (exact) mass is 447 g/mol. The maximum absolute atomic E-state index is 13.1. The molecular formula is C25H25N3O5. The normalized spacial score (nSPS) is 21.5. The third kappa shape index (κ3) is 3.82. The maximum Gasteiger partial charge on any atom is 0.295 e. The van der Waals surface area contributed by atoms with E-state index >= 15 is 0 Å². The summed E-state index contributed by atoms with van der Waals surface area (Å²) in [6.45, 7) is 4.76. The minimum Gasteiger partial charge on any atom is -0.507 e. The summed E-state index contributed by atoms with van der Waals surface area (Å²) in [7, 11) is 0. The molecule has 0 aliphatic carbocycles. The molecule has 1 aromatic carbocycles. The van der Waals surface area contributed by atoms with Crippen molar-refractivity contribution in [1.82, 2.24) is 14.5 Å². The summed E-state index contributed by atoms with van der Waals surface area (Å²) >= 11 is 0. The number of fused-ring (bicyclic) bond motifs is 1. The van der Waals surface area contributed by atoms with Crippen molar-refractivity contribution in [2.45, 2.75) is 45.4 Å². The largest absolute Gasteiger partial charge is 0.507 e. The minimum absolute atomic E-state index is 0.0453. The first-order chi connectivity index (χ1) is 15.9. The standard InChI is InChI=1S/C25H25N3O5/c1-15-4-6-20(32-15)22-21(23(29)17-5-7-19-18(13-17)12-16(2)33-19)24(30)25(31)28(22)10-3-9-27-11-8-26-14-27/h4-8,11,13-14,16,22,29H,3,9-10,12H2,1-2H3/b23-21+/t16-,22+/m0/s1. The van der Waals surface area contributed by atoms with Crippen LogP contribution in [0.25, 0.3) is 5.76 Å². The highest BCUT2D eigenvalue weighted by Gasteiger charge is 2.47.